The molecule has 1 fully saturated rings. The number of ether oxygens (including phenoxy) is 1. The number of esters is 1. The Morgan fingerprint density at radius 3 is 2.47 bits per heavy atom. The average molecular weight is 465 g/mol. The smallest absolute Gasteiger partial charge is 0.303 e. The molecule has 2 N–H and O–H groups in total. The quantitative estimate of drug-likeness (QED) is 0.321. The third kappa shape index (κ3) is 5.01. The SMILES string of the molecule is CC(=O)O[C@H](C[C@@]1(C)[C@H](C)CCC(=O)[C@@H]1C)/C(C)=C/Cc1c(O)c(Cl)c(C)c(C=O)c1O. The number of carbonyl (C=O) groups excluding carboxylic acids is 3. The molecule has 0 saturated heterocycles. The molecule has 0 aliphatic heterocycles. The summed E-state index contributed by atoms with van der Waals surface area (Å²) in [5, 5.41) is 20.9. The van der Waals surface area contributed by atoms with Crippen LogP contribution in [0.1, 0.15) is 75.4 Å². The van der Waals surface area contributed by atoms with Crippen molar-refractivity contribution < 1.29 is 29.3 Å². The highest BCUT2D eigenvalue weighted by Gasteiger charge is 2.45. The van der Waals surface area contributed by atoms with Gasteiger partial charge in [-0.3, -0.25) is 14.4 Å². The highest BCUT2D eigenvalue weighted by atomic mass is 35.5. The first kappa shape index (κ1) is 25.9. The van der Waals surface area contributed by atoms with Gasteiger partial charge in [-0.15, -0.1) is 0 Å². The number of rotatable bonds is 7. The fourth-order valence-electron chi connectivity index (χ4n) is 4.59. The predicted octanol–water partition coefficient (Wildman–Crippen LogP) is 5.32. The molecule has 0 unspecified atom stereocenters. The van der Waals surface area contributed by atoms with E-state index < -0.39 is 12.1 Å². The third-order valence-corrected chi connectivity index (χ3v) is 7.84. The first-order chi connectivity index (χ1) is 14.8. The number of phenols is 2. The number of benzene rings is 1. The molecule has 0 radical (unpaired) electrons. The molecule has 0 amide bonds. The van der Waals surface area contributed by atoms with Crippen LogP contribution in [0.4, 0.5) is 0 Å². The monoisotopic (exact) mass is 464 g/mol. The molecule has 1 aliphatic rings. The van der Waals surface area contributed by atoms with Crippen LogP contribution in [0.2, 0.25) is 5.02 Å². The minimum atomic E-state index is -0.566. The normalized spacial score (nSPS) is 24.8. The number of aromatic hydroxyl groups is 2. The first-order valence-corrected chi connectivity index (χ1v) is 11.3. The van der Waals surface area contributed by atoms with Crippen molar-refractivity contribution in [1.82, 2.24) is 0 Å². The second-order valence-electron chi connectivity index (χ2n) is 9.23. The van der Waals surface area contributed by atoms with E-state index in [2.05, 4.69) is 13.8 Å². The Hall–Kier alpha value is -2.34. The van der Waals surface area contributed by atoms with Gasteiger partial charge in [-0.05, 0) is 55.6 Å². The van der Waals surface area contributed by atoms with Crippen LogP contribution in [0.15, 0.2) is 11.6 Å². The average Bonchev–Trinajstić information content (AvgIpc) is 2.73. The molecule has 4 atom stereocenters. The lowest BCUT2D eigenvalue weighted by molar-refractivity contribution is -0.148. The fraction of sp³-hybridized carbons (Fsp3) is 0.560. The van der Waals surface area contributed by atoms with Gasteiger partial charge in [-0.1, -0.05) is 38.4 Å². The van der Waals surface area contributed by atoms with E-state index in [4.69, 9.17) is 16.3 Å². The van der Waals surface area contributed by atoms with E-state index in [1.54, 1.807) is 13.0 Å². The van der Waals surface area contributed by atoms with Crippen molar-refractivity contribution in [3.05, 3.63) is 33.4 Å². The van der Waals surface area contributed by atoms with Crippen molar-refractivity contribution >= 4 is 29.6 Å². The number of phenolic OH excluding ortho intramolecular Hbond substituents is 2. The molecule has 1 saturated carbocycles. The standard InChI is InChI=1S/C25H33ClO6/c1-13(7-9-18-23(30)19(12-27)15(3)22(26)24(18)31)21(32-17(5)28)11-25(6)14(2)8-10-20(29)16(25)4/h7,12,14,16,21,30-31H,8-11H2,1-6H3/b13-7+/t14-,16+,21-,25+/m1/s1. The van der Waals surface area contributed by atoms with Gasteiger partial charge in [0, 0.05) is 24.8 Å². The molecule has 0 spiro atoms. The Morgan fingerprint density at radius 1 is 1.28 bits per heavy atom. The van der Waals surface area contributed by atoms with Crippen LogP contribution in [0.5, 0.6) is 11.5 Å². The molecular weight excluding hydrogens is 432 g/mol. The van der Waals surface area contributed by atoms with Crippen LogP contribution >= 0.6 is 11.6 Å². The number of Topliss-reactive ketones (excluding diaryl/α,β-unsaturated/α-hetero) is 1. The summed E-state index contributed by atoms with van der Waals surface area (Å²) >= 11 is 6.14. The van der Waals surface area contributed by atoms with Crippen molar-refractivity contribution in [3.63, 3.8) is 0 Å². The number of aldehydes is 1. The van der Waals surface area contributed by atoms with Gasteiger partial charge in [0.25, 0.3) is 0 Å². The summed E-state index contributed by atoms with van der Waals surface area (Å²) < 4.78 is 5.62. The molecule has 32 heavy (non-hydrogen) atoms. The highest BCUT2D eigenvalue weighted by molar-refractivity contribution is 6.33. The van der Waals surface area contributed by atoms with E-state index >= 15 is 0 Å². The lowest BCUT2D eigenvalue weighted by atomic mass is 9.59. The zero-order valence-corrected chi connectivity index (χ0v) is 20.4. The topological polar surface area (TPSA) is 101 Å². The maximum Gasteiger partial charge on any atom is 0.303 e. The summed E-state index contributed by atoms with van der Waals surface area (Å²) in [7, 11) is 0. The molecule has 1 aliphatic carbocycles. The molecule has 176 valence electrons. The van der Waals surface area contributed by atoms with Crippen molar-refractivity contribution in [2.24, 2.45) is 17.3 Å². The van der Waals surface area contributed by atoms with Gasteiger partial charge in [0.1, 0.15) is 23.4 Å². The van der Waals surface area contributed by atoms with E-state index in [1.165, 1.54) is 6.92 Å². The number of ketones is 1. The Balaban J connectivity index is 2.39. The second kappa shape index (κ2) is 10.1. The van der Waals surface area contributed by atoms with Crippen molar-refractivity contribution in [2.45, 2.75) is 73.3 Å². The Bertz CT molecular complexity index is 950. The summed E-state index contributed by atoms with van der Waals surface area (Å²) in [6.45, 7) is 10.8. The Labute approximate surface area is 194 Å². The summed E-state index contributed by atoms with van der Waals surface area (Å²) in [4.78, 5) is 35.6. The summed E-state index contributed by atoms with van der Waals surface area (Å²) in [6, 6.07) is 0. The van der Waals surface area contributed by atoms with Gasteiger partial charge < -0.3 is 14.9 Å². The number of hydrogen-bond donors (Lipinski definition) is 2. The van der Waals surface area contributed by atoms with Gasteiger partial charge in [0.05, 0.1) is 10.6 Å². The number of allylic oxidation sites excluding steroid dienone is 1. The molecule has 1 aromatic rings. The van der Waals surface area contributed by atoms with Crippen LogP contribution in [0.3, 0.4) is 0 Å². The summed E-state index contributed by atoms with van der Waals surface area (Å²) in [5.74, 6) is -0.691. The minimum absolute atomic E-state index is 0.0124. The van der Waals surface area contributed by atoms with Crippen LogP contribution in [0.25, 0.3) is 0 Å². The van der Waals surface area contributed by atoms with E-state index in [0.29, 0.717) is 24.7 Å². The Kier molecular flexibility index (Phi) is 8.16. The molecular formula is C25H33ClO6. The first-order valence-electron chi connectivity index (χ1n) is 10.9. The van der Waals surface area contributed by atoms with Crippen molar-refractivity contribution in [2.75, 3.05) is 0 Å². The van der Waals surface area contributed by atoms with Crippen LogP contribution < -0.4 is 0 Å². The zero-order chi connectivity index (χ0) is 24.4. The van der Waals surface area contributed by atoms with Crippen LogP contribution in [0, 0.1) is 24.2 Å². The fourth-order valence-corrected chi connectivity index (χ4v) is 4.80. The maximum absolute atomic E-state index is 12.4. The van der Waals surface area contributed by atoms with E-state index in [1.807, 2.05) is 13.8 Å². The number of carbonyl (C=O) groups is 3. The molecule has 7 heteroatoms. The van der Waals surface area contributed by atoms with E-state index in [0.717, 1.165) is 12.0 Å². The van der Waals surface area contributed by atoms with Gasteiger partial charge in [-0.25, -0.2) is 0 Å². The van der Waals surface area contributed by atoms with Gasteiger partial charge in [0.15, 0.2) is 6.29 Å². The number of hydrogen-bond acceptors (Lipinski definition) is 6. The Morgan fingerprint density at radius 2 is 1.91 bits per heavy atom. The van der Waals surface area contributed by atoms with Crippen LogP contribution in [-0.2, 0) is 20.7 Å². The lowest BCUT2D eigenvalue weighted by Gasteiger charge is -2.45. The lowest BCUT2D eigenvalue weighted by Crippen LogP contribution is -2.44. The molecule has 0 aromatic heterocycles. The minimum Gasteiger partial charge on any atom is -0.507 e. The van der Waals surface area contributed by atoms with Crippen LogP contribution in [-0.4, -0.2) is 34.4 Å². The molecule has 0 heterocycles. The van der Waals surface area contributed by atoms with Gasteiger partial charge in [-0.2, -0.15) is 0 Å². The maximum atomic E-state index is 12.4. The van der Waals surface area contributed by atoms with Crippen molar-refractivity contribution in [1.29, 1.82) is 0 Å². The number of halogens is 1. The van der Waals surface area contributed by atoms with Crippen molar-refractivity contribution in [3.8, 4) is 11.5 Å². The van der Waals surface area contributed by atoms with E-state index in [9.17, 15) is 24.6 Å². The molecule has 0 bridgehead atoms. The molecule has 2 rings (SSSR count). The largest absolute Gasteiger partial charge is 0.507 e. The second-order valence-corrected chi connectivity index (χ2v) is 9.61. The predicted molar refractivity (Wildman–Crippen MR) is 123 cm³/mol. The van der Waals surface area contributed by atoms with Gasteiger partial charge >= 0.3 is 5.97 Å². The molecule has 1 aromatic carbocycles. The highest BCUT2D eigenvalue weighted by Crippen LogP contribution is 2.48. The third-order valence-electron chi connectivity index (χ3n) is 7.38. The summed E-state index contributed by atoms with van der Waals surface area (Å²) in [5.41, 5.74) is 0.844. The summed E-state index contributed by atoms with van der Waals surface area (Å²) in [6.07, 6.45) is 3.61. The molecule has 6 nitrogen and oxygen atoms in total. The van der Waals surface area contributed by atoms with E-state index in [-0.39, 0.29) is 57.1 Å². The zero-order valence-electron chi connectivity index (χ0n) is 19.6. The van der Waals surface area contributed by atoms with Gasteiger partial charge in [0.2, 0.25) is 0 Å².